The lowest BCUT2D eigenvalue weighted by molar-refractivity contribution is -0.138. The van der Waals surface area contributed by atoms with E-state index >= 15 is 0 Å². The minimum Gasteiger partial charge on any atom is -0.481 e. The van der Waals surface area contributed by atoms with E-state index in [0.717, 1.165) is 11.1 Å². The quantitative estimate of drug-likeness (QED) is 0.738. The summed E-state index contributed by atoms with van der Waals surface area (Å²) in [6.45, 7) is 1.62. The number of hydrogen-bond acceptors (Lipinski definition) is 2. The molecular weight excluding hydrogens is 168 g/mol. The average Bonchev–Trinajstić information content (AvgIpc) is 2.17. The van der Waals surface area contributed by atoms with Crippen molar-refractivity contribution < 1.29 is 15.0 Å². The van der Waals surface area contributed by atoms with Crippen molar-refractivity contribution in [2.45, 2.75) is 19.4 Å². The summed E-state index contributed by atoms with van der Waals surface area (Å²) >= 11 is 0. The van der Waals surface area contributed by atoms with E-state index in [9.17, 15) is 4.79 Å². The second-order valence-electron chi connectivity index (χ2n) is 2.96. The van der Waals surface area contributed by atoms with E-state index in [4.69, 9.17) is 10.2 Å². The maximum atomic E-state index is 10.6. The van der Waals surface area contributed by atoms with Gasteiger partial charge in [0.1, 0.15) is 0 Å². The molecule has 0 aromatic heterocycles. The van der Waals surface area contributed by atoms with Gasteiger partial charge in [0.05, 0.1) is 12.5 Å². The first-order valence-corrected chi connectivity index (χ1v) is 4.07. The Balaban J connectivity index is 2.85. The number of benzene rings is 1. The fourth-order valence-electron chi connectivity index (χ4n) is 1.05. The summed E-state index contributed by atoms with van der Waals surface area (Å²) in [5.74, 6) is -1.33. The fourth-order valence-corrected chi connectivity index (χ4v) is 1.05. The van der Waals surface area contributed by atoms with Gasteiger partial charge in [-0.05, 0) is 18.1 Å². The molecule has 1 atom stereocenters. The Morgan fingerprint density at radius 1 is 1.38 bits per heavy atom. The Bertz CT molecular complexity index is 290. The van der Waals surface area contributed by atoms with Crippen LogP contribution in [0.5, 0.6) is 0 Å². The highest BCUT2D eigenvalue weighted by atomic mass is 16.4. The number of carboxylic acids is 1. The normalized spacial score (nSPS) is 12.5. The van der Waals surface area contributed by atoms with Gasteiger partial charge >= 0.3 is 5.97 Å². The van der Waals surface area contributed by atoms with Crippen molar-refractivity contribution in [2.24, 2.45) is 0 Å². The molecule has 0 heterocycles. The Labute approximate surface area is 76.6 Å². The molecular formula is C10H12O3. The van der Waals surface area contributed by atoms with Gasteiger partial charge in [-0.15, -0.1) is 0 Å². The molecule has 0 fully saturated rings. The van der Waals surface area contributed by atoms with E-state index in [1.165, 1.54) is 0 Å². The second-order valence-corrected chi connectivity index (χ2v) is 2.96. The Morgan fingerprint density at radius 2 is 1.92 bits per heavy atom. The summed E-state index contributed by atoms with van der Waals surface area (Å²) in [5.41, 5.74) is 1.55. The van der Waals surface area contributed by atoms with Crippen LogP contribution in [0.3, 0.4) is 0 Å². The van der Waals surface area contributed by atoms with Gasteiger partial charge in [-0.25, -0.2) is 0 Å². The Hall–Kier alpha value is -1.35. The molecule has 2 N–H and O–H groups in total. The molecule has 0 spiro atoms. The summed E-state index contributed by atoms with van der Waals surface area (Å²) in [5, 5.41) is 17.5. The van der Waals surface area contributed by atoms with Gasteiger partial charge in [0.2, 0.25) is 0 Å². The van der Waals surface area contributed by atoms with Crippen LogP contribution in [0.1, 0.15) is 24.0 Å². The zero-order chi connectivity index (χ0) is 9.84. The highest BCUT2D eigenvalue weighted by molar-refractivity contribution is 5.75. The number of hydrogen-bond donors (Lipinski definition) is 2. The van der Waals surface area contributed by atoms with Gasteiger partial charge < -0.3 is 10.2 Å². The van der Waals surface area contributed by atoms with Crippen LogP contribution >= 0.6 is 0 Å². The molecule has 0 bridgehead atoms. The van der Waals surface area contributed by atoms with Crippen molar-refractivity contribution in [1.29, 1.82) is 0 Å². The molecule has 0 amide bonds. The SMILES string of the molecule is CC(C(=O)O)c1ccc(CO)cc1. The molecule has 0 aliphatic heterocycles. The number of rotatable bonds is 3. The fraction of sp³-hybridized carbons (Fsp3) is 0.300. The van der Waals surface area contributed by atoms with Crippen molar-refractivity contribution >= 4 is 5.97 Å². The molecule has 13 heavy (non-hydrogen) atoms. The van der Waals surface area contributed by atoms with Crippen molar-refractivity contribution in [2.75, 3.05) is 0 Å². The molecule has 70 valence electrons. The topological polar surface area (TPSA) is 57.5 Å². The summed E-state index contributed by atoms with van der Waals surface area (Å²) in [6.07, 6.45) is 0. The van der Waals surface area contributed by atoms with Crippen LogP contribution < -0.4 is 0 Å². The molecule has 3 heteroatoms. The zero-order valence-electron chi connectivity index (χ0n) is 7.40. The molecule has 1 rings (SSSR count). The molecule has 0 radical (unpaired) electrons. The van der Waals surface area contributed by atoms with Gasteiger partial charge in [0.15, 0.2) is 0 Å². The van der Waals surface area contributed by atoms with Crippen LogP contribution in [0.4, 0.5) is 0 Å². The molecule has 3 nitrogen and oxygen atoms in total. The van der Waals surface area contributed by atoms with E-state index in [2.05, 4.69) is 0 Å². The first-order chi connectivity index (χ1) is 6.15. The van der Waals surface area contributed by atoms with Crippen LogP contribution in [0.2, 0.25) is 0 Å². The summed E-state index contributed by atoms with van der Waals surface area (Å²) in [4.78, 5) is 10.6. The van der Waals surface area contributed by atoms with E-state index in [1.54, 1.807) is 31.2 Å². The first kappa shape index (κ1) is 9.74. The third-order valence-corrected chi connectivity index (χ3v) is 2.03. The van der Waals surface area contributed by atoms with Gasteiger partial charge in [-0.3, -0.25) is 4.79 Å². The molecule has 0 aliphatic carbocycles. The standard InChI is InChI=1S/C10H12O3/c1-7(10(12)13)9-4-2-8(6-11)3-5-9/h2-5,7,11H,6H2,1H3,(H,12,13). The predicted molar refractivity (Wildman–Crippen MR) is 48.4 cm³/mol. The minimum absolute atomic E-state index is 0.0122. The van der Waals surface area contributed by atoms with Crippen LogP contribution in [0.15, 0.2) is 24.3 Å². The smallest absolute Gasteiger partial charge is 0.310 e. The van der Waals surface area contributed by atoms with Gasteiger partial charge in [0, 0.05) is 0 Å². The van der Waals surface area contributed by atoms with Crippen molar-refractivity contribution in [3.8, 4) is 0 Å². The molecule has 0 aliphatic rings. The van der Waals surface area contributed by atoms with Crippen LogP contribution in [0.25, 0.3) is 0 Å². The number of aliphatic hydroxyl groups excluding tert-OH is 1. The molecule has 1 aromatic carbocycles. The highest BCUT2D eigenvalue weighted by Gasteiger charge is 2.12. The molecule has 0 saturated heterocycles. The Kier molecular flexibility index (Phi) is 3.03. The first-order valence-electron chi connectivity index (χ1n) is 4.07. The van der Waals surface area contributed by atoms with Crippen molar-refractivity contribution in [3.63, 3.8) is 0 Å². The van der Waals surface area contributed by atoms with E-state index < -0.39 is 11.9 Å². The number of carboxylic acid groups (broad SMARTS) is 1. The Morgan fingerprint density at radius 3 is 2.31 bits per heavy atom. The predicted octanol–water partition coefficient (Wildman–Crippen LogP) is 1.37. The maximum Gasteiger partial charge on any atom is 0.310 e. The lowest BCUT2D eigenvalue weighted by Gasteiger charge is -2.06. The van der Waals surface area contributed by atoms with Crippen molar-refractivity contribution in [1.82, 2.24) is 0 Å². The summed E-state index contributed by atoms with van der Waals surface area (Å²) in [7, 11) is 0. The van der Waals surface area contributed by atoms with Crippen LogP contribution in [-0.2, 0) is 11.4 Å². The van der Waals surface area contributed by atoms with E-state index in [-0.39, 0.29) is 6.61 Å². The monoisotopic (exact) mass is 180 g/mol. The molecule has 1 aromatic rings. The van der Waals surface area contributed by atoms with Gasteiger partial charge in [-0.1, -0.05) is 24.3 Å². The highest BCUT2D eigenvalue weighted by Crippen LogP contribution is 2.15. The summed E-state index contributed by atoms with van der Waals surface area (Å²) < 4.78 is 0. The van der Waals surface area contributed by atoms with Crippen molar-refractivity contribution in [3.05, 3.63) is 35.4 Å². The zero-order valence-corrected chi connectivity index (χ0v) is 7.40. The molecule has 1 unspecified atom stereocenters. The van der Waals surface area contributed by atoms with Crippen LogP contribution in [-0.4, -0.2) is 16.2 Å². The largest absolute Gasteiger partial charge is 0.481 e. The third kappa shape index (κ3) is 2.29. The lowest BCUT2D eigenvalue weighted by atomic mass is 10.0. The van der Waals surface area contributed by atoms with Gasteiger partial charge in [-0.2, -0.15) is 0 Å². The number of carbonyl (C=O) groups is 1. The third-order valence-electron chi connectivity index (χ3n) is 2.03. The number of aliphatic hydroxyl groups is 1. The lowest BCUT2D eigenvalue weighted by Crippen LogP contribution is -2.07. The van der Waals surface area contributed by atoms with Gasteiger partial charge in [0.25, 0.3) is 0 Å². The average molecular weight is 180 g/mol. The molecule has 0 saturated carbocycles. The van der Waals surface area contributed by atoms with Crippen LogP contribution in [0, 0.1) is 0 Å². The van der Waals surface area contributed by atoms with E-state index in [1.807, 2.05) is 0 Å². The minimum atomic E-state index is -0.836. The van der Waals surface area contributed by atoms with E-state index in [0.29, 0.717) is 0 Å². The number of aliphatic carboxylic acids is 1. The second kappa shape index (κ2) is 4.05. The summed E-state index contributed by atoms with van der Waals surface area (Å²) in [6, 6.07) is 6.91. The maximum absolute atomic E-state index is 10.6.